The number of phenols is 1. The number of fused-ring (bicyclic) bond motifs is 1. The Morgan fingerprint density at radius 2 is 2.04 bits per heavy atom. The summed E-state index contributed by atoms with van der Waals surface area (Å²) in [4.78, 5) is 0. The van der Waals surface area contributed by atoms with E-state index in [4.69, 9.17) is 9.15 Å². The zero-order valence-electron chi connectivity index (χ0n) is 14.6. The molecule has 1 fully saturated rings. The summed E-state index contributed by atoms with van der Waals surface area (Å²) in [6.07, 6.45) is 2.75. The molecule has 1 aliphatic rings. The molecule has 2 aromatic carbocycles. The summed E-state index contributed by atoms with van der Waals surface area (Å²) in [6.45, 7) is 8.43. The fourth-order valence-electron chi connectivity index (χ4n) is 3.70. The van der Waals surface area contributed by atoms with Crippen LogP contribution in [0.2, 0.25) is 0 Å². The molecule has 0 aliphatic heterocycles. The zero-order valence-corrected chi connectivity index (χ0v) is 14.6. The minimum Gasteiger partial charge on any atom is -0.504 e. The lowest BCUT2D eigenvalue weighted by Crippen LogP contribution is -2.03. The van der Waals surface area contributed by atoms with Crippen LogP contribution in [0.15, 0.2) is 53.7 Å². The molecule has 1 saturated carbocycles. The van der Waals surface area contributed by atoms with Crippen LogP contribution in [-0.4, -0.2) is 11.7 Å². The first-order chi connectivity index (χ1) is 12.1. The molecule has 25 heavy (non-hydrogen) atoms. The van der Waals surface area contributed by atoms with E-state index in [-0.39, 0.29) is 5.75 Å². The van der Waals surface area contributed by atoms with Gasteiger partial charge < -0.3 is 14.3 Å². The van der Waals surface area contributed by atoms with E-state index in [0.717, 1.165) is 28.5 Å². The van der Waals surface area contributed by atoms with Gasteiger partial charge in [0.2, 0.25) is 5.75 Å². The topological polar surface area (TPSA) is 42.6 Å². The maximum Gasteiger partial charge on any atom is 0.205 e. The van der Waals surface area contributed by atoms with Crippen LogP contribution in [0.25, 0.3) is 16.5 Å². The number of hydrogen-bond acceptors (Lipinski definition) is 3. The van der Waals surface area contributed by atoms with Crippen molar-refractivity contribution in [3.05, 3.63) is 65.9 Å². The molecule has 1 aliphatic carbocycles. The standard InChI is InChI=1S/C22H22O3/c1-13(2)19-14(3)17-9-10-24-21(17)22(20(19)23)25-12-16-11-18(16)15-7-5-4-6-8-15/h4-10,16,18,23H,1,11-12H2,2-3H3/t16-,18-/m1/s1. The summed E-state index contributed by atoms with van der Waals surface area (Å²) < 4.78 is 11.6. The van der Waals surface area contributed by atoms with Crippen molar-refractivity contribution in [3.63, 3.8) is 0 Å². The van der Waals surface area contributed by atoms with Crippen molar-refractivity contribution >= 4 is 16.5 Å². The van der Waals surface area contributed by atoms with Crippen LogP contribution < -0.4 is 4.74 Å². The number of benzene rings is 2. The molecular formula is C22H22O3. The first-order valence-corrected chi connectivity index (χ1v) is 8.64. The Hall–Kier alpha value is -2.68. The average Bonchev–Trinajstić information content (AvgIpc) is 3.20. The van der Waals surface area contributed by atoms with Crippen LogP contribution in [0, 0.1) is 12.8 Å². The van der Waals surface area contributed by atoms with E-state index in [1.165, 1.54) is 5.56 Å². The van der Waals surface area contributed by atoms with E-state index in [1.807, 2.05) is 26.0 Å². The van der Waals surface area contributed by atoms with Crippen molar-refractivity contribution in [1.82, 2.24) is 0 Å². The fourth-order valence-corrected chi connectivity index (χ4v) is 3.70. The maximum absolute atomic E-state index is 10.7. The van der Waals surface area contributed by atoms with Crippen LogP contribution in [0.4, 0.5) is 0 Å². The zero-order chi connectivity index (χ0) is 17.6. The van der Waals surface area contributed by atoms with Crippen molar-refractivity contribution in [2.45, 2.75) is 26.2 Å². The highest BCUT2D eigenvalue weighted by atomic mass is 16.5. The number of rotatable bonds is 5. The Morgan fingerprint density at radius 1 is 1.28 bits per heavy atom. The second-order valence-electron chi connectivity index (χ2n) is 6.95. The first-order valence-electron chi connectivity index (χ1n) is 8.64. The van der Waals surface area contributed by atoms with Crippen molar-refractivity contribution in [2.75, 3.05) is 6.61 Å². The molecule has 3 aromatic rings. The molecule has 2 atom stereocenters. The van der Waals surface area contributed by atoms with Gasteiger partial charge in [0.15, 0.2) is 11.3 Å². The molecule has 3 nitrogen and oxygen atoms in total. The van der Waals surface area contributed by atoms with Gasteiger partial charge in [0, 0.05) is 16.9 Å². The van der Waals surface area contributed by atoms with Crippen molar-refractivity contribution in [1.29, 1.82) is 0 Å². The molecule has 3 heteroatoms. The first kappa shape index (κ1) is 15.8. The number of aromatic hydroxyl groups is 1. The third-order valence-corrected chi connectivity index (χ3v) is 5.12. The summed E-state index contributed by atoms with van der Waals surface area (Å²) in [5.41, 5.74) is 4.50. The molecular weight excluding hydrogens is 312 g/mol. The number of phenolic OH excluding ortho intramolecular Hbond substituents is 1. The summed E-state index contributed by atoms with van der Waals surface area (Å²) in [5, 5.41) is 11.7. The minimum absolute atomic E-state index is 0.129. The minimum atomic E-state index is 0.129. The summed E-state index contributed by atoms with van der Waals surface area (Å²) in [6, 6.07) is 12.4. The van der Waals surface area contributed by atoms with E-state index in [9.17, 15) is 5.11 Å². The molecule has 0 amide bonds. The normalized spacial score (nSPS) is 19.1. The molecule has 1 heterocycles. The molecule has 0 saturated heterocycles. The summed E-state index contributed by atoms with van der Waals surface area (Å²) >= 11 is 0. The molecule has 0 spiro atoms. The number of furan rings is 1. The van der Waals surface area contributed by atoms with Crippen LogP contribution in [0.1, 0.15) is 36.0 Å². The fraction of sp³-hybridized carbons (Fsp3) is 0.273. The molecule has 0 radical (unpaired) electrons. The van der Waals surface area contributed by atoms with Crippen LogP contribution >= 0.6 is 0 Å². The van der Waals surface area contributed by atoms with Crippen molar-refractivity contribution in [3.8, 4) is 11.5 Å². The molecule has 128 valence electrons. The number of aryl methyl sites for hydroxylation is 1. The van der Waals surface area contributed by atoms with Gasteiger partial charge in [0.05, 0.1) is 12.9 Å². The molecule has 1 N–H and O–H groups in total. The monoisotopic (exact) mass is 334 g/mol. The lowest BCUT2D eigenvalue weighted by atomic mass is 9.98. The lowest BCUT2D eigenvalue weighted by molar-refractivity contribution is 0.281. The van der Waals surface area contributed by atoms with E-state index >= 15 is 0 Å². The van der Waals surface area contributed by atoms with Gasteiger partial charge in [0.1, 0.15) is 0 Å². The number of ether oxygens (including phenoxy) is 1. The van der Waals surface area contributed by atoms with Gasteiger partial charge >= 0.3 is 0 Å². The quantitative estimate of drug-likeness (QED) is 0.654. The van der Waals surface area contributed by atoms with Gasteiger partial charge in [-0.15, -0.1) is 0 Å². The summed E-state index contributed by atoms with van der Waals surface area (Å²) in [7, 11) is 0. The lowest BCUT2D eigenvalue weighted by Gasteiger charge is -2.15. The van der Waals surface area contributed by atoms with Crippen LogP contribution in [0.3, 0.4) is 0 Å². The highest BCUT2D eigenvalue weighted by Gasteiger charge is 2.39. The van der Waals surface area contributed by atoms with E-state index < -0.39 is 0 Å². The van der Waals surface area contributed by atoms with E-state index in [0.29, 0.717) is 29.8 Å². The second-order valence-corrected chi connectivity index (χ2v) is 6.95. The molecule has 4 rings (SSSR count). The van der Waals surface area contributed by atoms with Gasteiger partial charge in [0.25, 0.3) is 0 Å². The smallest absolute Gasteiger partial charge is 0.205 e. The maximum atomic E-state index is 10.7. The Balaban J connectivity index is 1.60. The molecule has 1 aromatic heterocycles. The Bertz CT molecular complexity index is 937. The Kier molecular flexibility index (Phi) is 3.79. The highest BCUT2D eigenvalue weighted by Crippen LogP contribution is 2.49. The van der Waals surface area contributed by atoms with Crippen LogP contribution in [0.5, 0.6) is 11.5 Å². The molecule has 0 unspecified atom stereocenters. The summed E-state index contributed by atoms with van der Waals surface area (Å²) in [5.74, 6) is 1.58. The van der Waals surface area contributed by atoms with E-state index in [2.05, 4.69) is 30.8 Å². The predicted octanol–water partition coefficient (Wildman–Crippen LogP) is 5.66. The van der Waals surface area contributed by atoms with Gasteiger partial charge in [-0.1, -0.05) is 36.9 Å². The van der Waals surface area contributed by atoms with Gasteiger partial charge in [-0.25, -0.2) is 0 Å². The van der Waals surface area contributed by atoms with Crippen molar-refractivity contribution < 1.29 is 14.3 Å². The van der Waals surface area contributed by atoms with Gasteiger partial charge in [-0.05, 0) is 49.0 Å². The Morgan fingerprint density at radius 3 is 2.76 bits per heavy atom. The number of allylic oxidation sites excluding steroid dienone is 1. The Labute approximate surface area is 147 Å². The highest BCUT2D eigenvalue weighted by molar-refractivity contribution is 5.94. The largest absolute Gasteiger partial charge is 0.504 e. The van der Waals surface area contributed by atoms with Crippen LogP contribution in [-0.2, 0) is 0 Å². The van der Waals surface area contributed by atoms with Gasteiger partial charge in [-0.2, -0.15) is 0 Å². The SMILES string of the molecule is C=C(C)c1c(O)c(OC[C@H]2C[C@@H]2c2ccccc2)c2occc2c1C. The third-order valence-electron chi connectivity index (χ3n) is 5.12. The third kappa shape index (κ3) is 2.70. The average molecular weight is 334 g/mol. The van der Waals surface area contributed by atoms with E-state index in [1.54, 1.807) is 6.26 Å². The number of hydrogen-bond donors (Lipinski definition) is 1. The van der Waals surface area contributed by atoms with Crippen molar-refractivity contribution in [2.24, 2.45) is 5.92 Å². The van der Waals surface area contributed by atoms with Gasteiger partial charge in [-0.3, -0.25) is 0 Å². The predicted molar refractivity (Wildman–Crippen MR) is 100 cm³/mol. The molecule has 0 bridgehead atoms. The second kappa shape index (κ2) is 5.99.